The minimum absolute atomic E-state index is 0.166. The van der Waals surface area contributed by atoms with Gasteiger partial charge in [0.15, 0.2) is 23.2 Å². The zero-order valence-electron chi connectivity index (χ0n) is 17.0. The van der Waals surface area contributed by atoms with Crippen molar-refractivity contribution in [3.8, 4) is 11.5 Å². The van der Waals surface area contributed by atoms with Crippen molar-refractivity contribution >= 4 is 23.2 Å². The van der Waals surface area contributed by atoms with Gasteiger partial charge in [-0.3, -0.25) is 9.59 Å². The number of hydrogen-bond donors (Lipinski definition) is 3. The van der Waals surface area contributed by atoms with Crippen molar-refractivity contribution in [1.29, 1.82) is 0 Å². The maximum absolute atomic E-state index is 13.6. The van der Waals surface area contributed by atoms with Crippen molar-refractivity contribution in [2.24, 2.45) is 0 Å². The third-order valence-corrected chi connectivity index (χ3v) is 4.30. The molecule has 0 aliphatic rings. The van der Waals surface area contributed by atoms with E-state index in [1.807, 2.05) is 31.2 Å². The molecule has 0 heterocycles. The third-order valence-electron chi connectivity index (χ3n) is 4.30. The van der Waals surface area contributed by atoms with Crippen LogP contribution in [0.5, 0.6) is 11.5 Å². The Morgan fingerprint density at radius 2 is 1.62 bits per heavy atom. The van der Waals surface area contributed by atoms with E-state index in [4.69, 9.17) is 4.74 Å². The highest BCUT2D eigenvalue weighted by atomic mass is 19.2. The Morgan fingerprint density at radius 3 is 2.41 bits per heavy atom. The van der Waals surface area contributed by atoms with Gasteiger partial charge in [0.1, 0.15) is 5.75 Å². The van der Waals surface area contributed by atoms with Crippen molar-refractivity contribution in [3.63, 3.8) is 0 Å². The summed E-state index contributed by atoms with van der Waals surface area (Å²) >= 11 is 0. The van der Waals surface area contributed by atoms with E-state index in [0.29, 0.717) is 23.3 Å². The molecule has 0 spiro atoms. The Bertz CT molecular complexity index is 1140. The van der Waals surface area contributed by atoms with Gasteiger partial charge in [0.2, 0.25) is 11.8 Å². The molecule has 0 radical (unpaired) electrons. The SMILES string of the molecule is Cc1cccc(Oc2ccccc2NCC(=O)NCC(=O)Nc2ccc(F)c(F)c2F)c1. The first kappa shape index (κ1) is 22.7. The molecule has 6 nitrogen and oxygen atoms in total. The summed E-state index contributed by atoms with van der Waals surface area (Å²) in [6, 6.07) is 16.1. The molecule has 0 aliphatic heterocycles. The van der Waals surface area contributed by atoms with Crippen LogP contribution in [0.3, 0.4) is 0 Å². The molecule has 0 saturated heterocycles. The summed E-state index contributed by atoms with van der Waals surface area (Å²) < 4.78 is 45.6. The highest BCUT2D eigenvalue weighted by molar-refractivity contribution is 5.95. The lowest BCUT2D eigenvalue weighted by molar-refractivity contribution is -0.122. The van der Waals surface area contributed by atoms with Crippen LogP contribution >= 0.6 is 0 Å². The van der Waals surface area contributed by atoms with Crippen LogP contribution in [0.4, 0.5) is 24.5 Å². The smallest absolute Gasteiger partial charge is 0.243 e. The Balaban J connectivity index is 1.51. The van der Waals surface area contributed by atoms with E-state index in [1.165, 1.54) is 0 Å². The van der Waals surface area contributed by atoms with Crippen molar-refractivity contribution in [2.45, 2.75) is 6.92 Å². The molecule has 0 atom stereocenters. The second-order valence-corrected chi connectivity index (χ2v) is 6.82. The summed E-state index contributed by atoms with van der Waals surface area (Å²) in [5.74, 6) is -4.74. The monoisotopic (exact) mass is 443 g/mol. The van der Waals surface area contributed by atoms with E-state index < -0.39 is 41.5 Å². The number of hydrogen-bond acceptors (Lipinski definition) is 4. The first-order valence-electron chi connectivity index (χ1n) is 9.61. The van der Waals surface area contributed by atoms with Gasteiger partial charge in [-0.25, -0.2) is 13.2 Å². The van der Waals surface area contributed by atoms with Gasteiger partial charge in [0, 0.05) is 0 Å². The molecule has 3 N–H and O–H groups in total. The Morgan fingerprint density at radius 1 is 0.844 bits per heavy atom. The van der Waals surface area contributed by atoms with Crippen LogP contribution in [0.1, 0.15) is 5.56 Å². The maximum Gasteiger partial charge on any atom is 0.243 e. The minimum atomic E-state index is -1.69. The molecule has 3 aromatic carbocycles. The number of rotatable bonds is 8. The molecule has 166 valence electrons. The van der Waals surface area contributed by atoms with Crippen molar-refractivity contribution in [3.05, 3.63) is 83.7 Å². The summed E-state index contributed by atoms with van der Waals surface area (Å²) in [5, 5.41) is 7.35. The molecule has 9 heteroatoms. The Kier molecular flexibility index (Phi) is 7.33. The van der Waals surface area contributed by atoms with Gasteiger partial charge < -0.3 is 20.7 Å². The average Bonchev–Trinajstić information content (AvgIpc) is 2.77. The number of nitrogens with one attached hydrogen (secondary N) is 3. The zero-order chi connectivity index (χ0) is 23.1. The van der Waals surface area contributed by atoms with E-state index in [2.05, 4.69) is 16.0 Å². The fourth-order valence-corrected chi connectivity index (χ4v) is 2.74. The van der Waals surface area contributed by atoms with E-state index in [-0.39, 0.29) is 6.54 Å². The van der Waals surface area contributed by atoms with E-state index in [0.717, 1.165) is 11.6 Å². The molecule has 3 aromatic rings. The molecular weight excluding hydrogens is 423 g/mol. The quantitative estimate of drug-likeness (QED) is 0.452. The summed E-state index contributed by atoms with van der Waals surface area (Å²) in [6.45, 7) is 1.29. The van der Waals surface area contributed by atoms with Crippen LogP contribution in [0, 0.1) is 24.4 Å². The molecule has 0 saturated carbocycles. The number of carbonyl (C=O) groups is 2. The lowest BCUT2D eigenvalue weighted by Crippen LogP contribution is -2.36. The third kappa shape index (κ3) is 6.00. The standard InChI is InChI=1S/C23H20F3N3O3/c1-14-5-4-6-15(11-14)32-19-8-3-2-7-17(19)27-12-20(30)28-13-21(31)29-18-10-9-16(24)22(25)23(18)26/h2-11,27H,12-13H2,1H3,(H,28,30)(H,29,31). The highest BCUT2D eigenvalue weighted by Gasteiger charge is 2.15. The van der Waals surface area contributed by atoms with Gasteiger partial charge in [0.05, 0.1) is 24.5 Å². The van der Waals surface area contributed by atoms with Crippen LogP contribution < -0.4 is 20.7 Å². The summed E-state index contributed by atoms with van der Waals surface area (Å²) in [6.07, 6.45) is 0. The van der Waals surface area contributed by atoms with Gasteiger partial charge in [-0.1, -0.05) is 24.3 Å². The predicted molar refractivity (Wildman–Crippen MR) is 114 cm³/mol. The largest absolute Gasteiger partial charge is 0.455 e. The number of aryl methyl sites for hydroxylation is 1. The Labute approximate surface area is 182 Å². The minimum Gasteiger partial charge on any atom is -0.455 e. The number of anilines is 2. The number of para-hydroxylation sites is 2. The molecule has 2 amide bonds. The molecular formula is C23H20F3N3O3. The fourth-order valence-electron chi connectivity index (χ4n) is 2.74. The van der Waals surface area contributed by atoms with E-state index >= 15 is 0 Å². The first-order chi connectivity index (χ1) is 15.3. The summed E-state index contributed by atoms with van der Waals surface area (Å²) in [5.41, 5.74) is 1.08. The maximum atomic E-state index is 13.6. The molecule has 0 fully saturated rings. The number of ether oxygens (including phenoxy) is 1. The number of carbonyl (C=O) groups excluding carboxylic acids is 2. The second kappa shape index (κ2) is 10.3. The molecule has 0 unspecified atom stereocenters. The van der Waals surface area contributed by atoms with Crippen LogP contribution in [-0.2, 0) is 9.59 Å². The van der Waals surface area contributed by atoms with Crippen molar-refractivity contribution < 1.29 is 27.5 Å². The molecule has 0 bridgehead atoms. The predicted octanol–water partition coefficient (Wildman–Crippen LogP) is 4.37. The van der Waals surface area contributed by atoms with E-state index in [1.54, 1.807) is 24.3 Å². The summed E-state index contributed by atoms with van der Waals surface area (Å²) in [7, 11) is 0. The summed E-state index contributed by atoms with van der Waals surface area (Å²) in [4.78, 5) is 24.0. The van der Waals surface area contributed by atoms with Gasteiger partial charge >= 0.3 is 0 Å². The first-order valence-corrected chi connectivity index (χ1v) is 9.61. The lowest BCUT2D eigenvalue weighted by Gasteiger charge is -2.13. The fraction of sp³-hybridized carbons (Fsp3) is 0.130. The van der Waals surface area contributed by atoms with Gasteiger partial charge in [0.25, 0.3) is 0 Å². The molecule has 0 aromatic heterocycles. The molecule has 3 rings (SSSR count). The normalized spacial score (nSPS) is 10.4. The Hall–Kier alpha value is -4.01. The van der Waals surface area contributed by atoms with Crippen molar-refractivity contribution in [1.82, 2.24) is 5.32 Å². The van der Waals surface area contributed by atoms with Gasteiger partial charge in [-0.15, -0.1) is 0 Å². The second-order valence-electron chi connectivity index (χ2n) is 6.82. The number of benzene rings is 3. The van der Waals surface area contributed by atoms with Crippen LogP contribution in [0.25, 0.3) is 0 Å². The number of halogens is 3. The van der Waals surface area contributed by atoms with Crippen LogP contribution in [0.15, 0.2) is 60.7 Å². The topological polar surface area (TPSA) is 79.5 Å². The van der Waals surface area contributed by atoms with Crippen LogP contribution in [0.2, 0.25) is 0 Å². The molecule has 32 heavy (non-hydrogen) atoms. The van der Waals surface area contributed by atoms with Crippen LogP contribution in [-0.4, -0.2) is 24.9 Å². The van der Waals surface area contributed by atoms with Crippen molar-refractivity contribution in [2.75, 3.05) is 23.7 Å². The zero-order valence-corrected chi connectivity index (χ0v) is 17.0. The number of amides is 2. The molecule has 0 aliphatic carbocycles. The lowest BCUT2D eigenvalue weighted by atomic mass is 10.2. The highest BCUT2D eigenvalue weighted by Crippen LogP contribution is 2.29. The van der Waals surface area contributed by atoms with Gasteiger partial charge in [-0.05, 0) is 48.9 Å². The van der Waals surface area contributed by atoms with E-state index in [9.17, 15) is 22.8 Å². The van der Waals surface area contributed by atoms with Gasteiger partial charge in [-0.2, -0.15) is 0 Å². The average molecular weight is 443 g/mol.